The maximum absolute atomic E-state index is 12.5. The van der Waals surface area contributed by atoms with Crippen molar-refractivity contribution >= 4 is 5.91 Å². The van der Waals surface area contributed by atoms with Gasteiger partial charge in [-0.25, -0.2) is 0 Å². The lowest BCUT2D eigenvalue weighted by Crippen LogP contribution is -2.49. The molecule has 1 amide bonds. The van der Waals surface area contributed by atoms with E-state index >= 15 is 0 Å². The lowest BCUT2D eigenvalue weighted by atomic mass is 9.90. The number of carbonyl (C=O) groups is 1. The van der Waals surface area contributed by atoms with Crippen molar-refractivity contribution < 1.29 is 19.0 Å². The first-order chi connectivity index (χ1) is 12.3. The van der Waals surface area contributed by atoms with E-state index in [9.17, 15) is 4.79 Å². The molecule has 6 nitrogen and oxygen atoms in total. The van der Waals surface area contributed by atoms with Crippen LogP contribution in [0.3, 0.4) is 0 Å². The molecule has 0 bridgehead atoms. The molecule has 0 saturated carbocycles. The Morgan fingerprint density at radius 2 is 1.72 bits per heavy atom. The van der Waals surface area contributed by atoms with Crippen molar-refractivity contribution in [1.82, 2.24) is 10.2 Å². The molecule has 3 atom stereocenters. The highest BCUT2D eigenvalue weighted by Gasteiger charge is 2.43. The molecular weight excluding hydrogens is 320 g/mol. The van der Waals surface area contributed by atoms with Crippen LogP contribution in [-0.2, 0) is 19.0 Å². The summed E-state index contributed by atoms with van der Waals surface area (Å²) in [5.74, 6) is 1.21. The van der Waals surface area contributed by atoms with Crippen molar-refractivity contribution in [2.75, 3.05) is 46.1 Å². The van der Waals surface area contributed by atoms with Gasteiger partial charge in [-0.1, -0.05) is 0 Å². The standard InChI is InChI=1S/C19H32N2O4/c22-19(20-12-14-2-7-23-8-3-14)17-11-15-1-6-21(13-18(15)25-17)16-4-9-24-10-5-16/h14-18H,1-13H2,(H,20,22)/t15-,17+,18-/m1/s1. The highest BCUT2D eigenvalue weighted by atomic mass is 16.5. The largest absolute Gasteiger partial charge is 0.381 e. The van der Waals surface area contributed by atoms with E-state index in [2.05, 4.69) is 10.2 Å². The number of nitrogens with zero attached hydrogens (tertiary/aromatic N) is 1. The smallest absolute Gasteiger partial charge is 0.249 e. The second-order valence-electron chi connectivity index (χ2n) is 8.09. The molecule has 1 N–H and O–H groups in total. The fourth-order valence-electron chi connectivity index (χ4n) is 4.81. The third kappa shape index (κ3) is 4.35. The summed E-state index contributed by atoms with van der Waals surface area (Å²) in [6.07, 6.45) is 6.41. The Balaban J connectivity index is 1.23. The summed E-state index contributed by atoms with van der Waals surface area (Å²) in [6, 6.07) is 0.639. The number of fused-ring (bicyclic) bond motifs is 1. The topological polar surface area (TPSA) is 60.0 Å². The summed E-state index contributed by atoms with van der Waals surface area (Å²) in [5, 5.41) is 3.13. The summed E-state index contributed by atoms with van der Waals surface area (Å²) in [4.78, 5) is 15.1. The van der Waals surface area contributed by atoms with Gasteiger partial charge in [-0.3, -0.25) is 9.69 Å². The molecule has 0 aliphatic carbocycles. The van der Waals surface area contributed by atoms with Gasteiger partial charge in [0.1, 0.15) is 6.10 Å². The second-order valence-corrected chi connectivity index (χ2v) is 8.09. The van der Waals surface area contributed by atoms with Gasteiger partial charge in [0, 0.05) is 45.6 Å². The quantitative estimate of drug-likeness (QED) is 0.824. The summed E-state index contributed by atoms with van der Waals surface area (Å²) < 4.78 is 17.0. The van der Waals surface area contributed by atoms with Crippen molar-refractivity contribution in [3.8, 4) is 0 Å². The SMILES string of the molecule is O=C(NCC1CCOCC1)[C@@H]1C[C@H]2CCN(C3CCOCC3)C[C@H]2O1. The van der Waals surface area contributed by atoms with Crippen molar-refractivity contribution in [2.45, 2.75) is 56.8 Å². The molecule has 4 aliphatic rings. The summed E-state index contributed by atoms with van der Waals surface area (Å²) >= 11 is 0. The normalized spacial score (nSPS) is 35.4. The number of amides is 1. The number of rotatable bonds is 4. The maximum Gasteiger partial charge on any atom is 0.249 e. The zero-order valence-electron chi connectivity index (χ0n) is 15.2. The molecule has 0 aromatic carbocycles. The third-order valence-electron chi connectivity index (χ3n) is 6.49. The first-order valence-corrected chi connectivity index (χ1v) is 10.1. The van der Waals surface area contributed by atoms with Gasteiger partial charge in [0.25, 0.3) is 0 Å². The monoisotopic (exact) mass is 352 g/mol. The van der Waals surface area contributed by atoms with Gasteiger partial charge in [-0.2, -0.15) is 0 Å². The van der Waals surface area contributed by atoms with Gasteiger partial charge in [0.2, 0.25) is 5.91 Å². The van der Waals surface area contributed by atoms with Gasteiger partial charge in [-0.05, 0) is 56.9 Å². The molecule has 4 heterocycles. The predicted octanol–water partition coefficient (Wildman–Crippen LogP) is 1.19. The van der Waals surface area contributed by atoms with Gasteiger partial charge in [0.05, 0.1) is 6.10 Å². The summed E-state index contributed by atoms with van der Waals surface area (Å²) in [6.45, 7) is 6.32. The number of hydrogen-bond donors (Lipinski definition) is 1. The minimum atomic E-state index is -0.246. The van der Waals surface area contributed by atoms with Crippen LogP contribution in [0.1, 0.15) is 38.5 Å². The molecule has 142 valence electrons. The highest BCUT2D eigenvalue weighted by molar-refractivity contribution is 5.81. The Bertz CT molecular complexity index is 449. The van der Waals surface area contributed by atoms with Crippen LogP contribution in [0, 0.1) is 11.8 Å². The number of ether oxygens (including phenoxy) is 3. The van der Waals surface area contributed by atoms with Crippen LogP contribution in [0.15, 0.2) is 0 Å². The van der Waals surface area contributed by atoms with Gasteiger partial charge < -0.3 is 19.5 Å². The van der Waals surface area contributed by atoms with Crippen LogP contribution in [-0.4, -0.2) is 75.1 Å². The van der Waals surface area contributed by atoms with Crippen LogP contribution < -0.4 is 5.32 Å². The Labute approximate surface area is 150 Å². The molecule has 4 fully saturated rings. The molecule has 4 rings (SSSR count). The number of carbonyl (C=O) groups excluding carboxylic acids is 1. The van der Waals surface area contributed by atoms with Gasteiger partial charge in [0.15, 0.2) is 0 Å². The van der Waals surface area contributed by atoms with Crippen LogP contribution >= 0.6 is 0 Å². The lowest BCUT2D eigenvalue weighted by molar-refractivity contribution is -0.133. The molecule has 25 heavy (non-hydrogen) atoms. The number of piperidine rings is 1. The minimum absolute atomic E-state index is 0.0958. The van der Waals surface area contributed by atoms with Crippen molar-refractivity contribution in [3.63, 3.8) is 0 Å². The van der Waals surface area contributed by atoms with E-state index in [4.69, 9.17) is 14.2 Å². The fourth-order valence-corrected chi connectivity index (χ4v) is 4.81. The van der Waals surface area contributed by atoms with E-state index < -0.39 is 0 Å². The third-order valence-corrected chi connectivity index (χ3v) is 6.49. The second kappa shape index (κ2) is 8.33. The number of likely N-dealkylation sites (tertiary alicyclic amines) is 1. The zero-order chi connectivity index (χ0) is 17.1. The maximum atomic E-state index is 12.5. The first kappa shape index (κ1) is 17.7. The van der Waals surface area contributed by atoms with E-state index in [0.29, 0.717) is 17.9 Å². The van der Waals surface area contributed by atoms with E-state index in [1.54, 1.807) is 0 Å². The summed E-state index contributed by atoms with van der Waals surface area (Å²) in [5.41, 5.74) is 0. The molecule has 0 radical (unpaired) electrons. The molecule has 0 unspecified atom stereocenters. The molecular formula is C19H32N2O4. The predicted molar refractivity (Wildman–Crippen MR) is 93.4 cm³/mol. The molecule has 6 heteroatoms. The van der Waals surface area contributed by atoms with Crippen LogP contribution in [0.2, 0.25) is 0 Å². The first-order valence-electron chi connectivity index (χ1n) is 10.1. The summed E-state index contributed by atoms with van der Waals surface area (Å²) in [7, 11) is 0. The highest BCUT2D eigenvalue weighted by Crippen LogP contribution is 2.35. The Morgan fingerprint density at radius 1 is 1.00 bits per heavy atom. The number of hydrogen-bond acceptors (Lipinski definition) is 5. The number of nitrogens with one attached hydrogen (secondary N) is 1. The molecule has 4 aliphatic heterocycles. The molecule has 0 aromatic rings. The van der Waals surface area contributed by atoms with Crippen molar-refractivity contribution in [3.05, 3.63) is 0 Å². The minimum Gasteiger partial charge on any atom is -0.381 e. The van der Waals surface area contributed by atoms with Crippen molar-refractivity contribution in [2.24, 2.45) is 11.8 Å². The lowest BCUT2D eigenvalue weighted by Gasteiger charge is -2.40. The Kier molecular flexibility index (Phi) is 5.90. The average Bonchev–Trinajstić information content (AvgIpc) is 3.11. The van der Waals surface area contributed by atoms with Gasteiger partial charge >= 0.3 is 0 Å². The fraction of sp³-hybridized carbons (Fsp3) is 0.947. The van der Waals surface area contributed by atoms with Crippen LogP contribution in [0.4, 0.5) is 0 Å². The van der Waals surface area contributed by atoms with E-state index in [1.807, 2.05) is 0 Å². The zero-order valence-corrected chi connectivity index (χ0v) is 15.2. The Hall–Kier alpha value is -0.690. The molecule has 0 aromatic heterocycles. The van der Waals surface area contributed by atoms with Crippen molar-refractivity contribution in [1.29, 1.82) is 0 Å². The molecule has 4 saturated heterocycles. The van der Waals surface area contributed by atoms with Gasteiger partial charge in [-0.15, -0.1) is 0 Å². The van der Waals surface area contributed by atoms with Crippen LogP contribution in [0.5, 0.6) is 0 Å². The Morgan fingerprint density at radius 3 is 2.48 bits per heavy atom. The molecule has 0 spiro atoms. The average molecular weight is 352 g/mol. The van der Waals surface area contributed by atoms with Crippen LogP contribution in [0.25, 0.3) is 0 Å². The van der Waals surface area contributed by atoms with E-state index in [-0.39, 0.29) is 18.1 Å². The van der Waals surface area contributed by atoms with E-state index in [1.165, 1.54) is 0 Å². The van der Waals surface area contributed by atoms with E-state index in [0.717, 1.165) is 84.6 Å².